The highest BCUT2D eigenvalue weighted by Crippen LogP contribution is 2.20. The topological polar surface area (TPSA) is 89.6 Å². The van der Waals surface area contributed by atoms with E-state index >= 15 is 0 Å². The van der Waals surface area contributed by atoms with Gasteiger partial charge in [-0.25, -0.2) is 13.2 Å². The minimum absolute atomic E-state index is 0.0287. The van der Waals surface area contributed by atoms with E-state index in [0.717, 1.165) is 11.1 Å². The smallest absolute Gasteiger partial charge is 0.408 e. The third-order valence-corrected chi connectivity index (χ3v) is 7.50. The Morgan fingerprint density at radius 2 is 1.59 bits per heavy atom. The zero-order valence-corrected chi connectivity index (χ0v) is 19.7. The van der Waals surface area contributed by atoms with E-state index < -0.39 is 15.6 Å². The number of carbonyl (C=O) groups excluding carboxylic acids is 1. The quantitative estimate of drug-likeness (QED) is 0.367. The largest absolute Gasteiger partial charge is 0.419 e. The van der Waals surface area contributed by atoms with Crippen LogP contribution >= 0.6 is 0 Å². The van der Waals surface area contributed by atoms with Crippen LogP contribution in [0.3, 0.4) is 0 Å². The maximum atomic E-state index is 13.1. The van der Waals surface area contributed by atoms with Crippen LogP contribution < -0.4 is 5.76 Å². The molecule has 0 fully saturated rings. The average Bonchev–Trinajstić information content (AvgIpc) is 3.14. The molecule has 176 valence electrons. The molecule has 1 amide bonds. The van der Waals surface area contributed by atoms with E-state index in [0.29, 0.717) is 25.0 Å². The second kappa shape index (κ2) is 10.1. The monoisotopic (exact) mass is 478 g/mol. The van der Waals surface area contributed by atoms with Gasteiger partial charge < -0.3 is 9.32 Å². The third-order valence-electron chi connectivity index (χ3n) is 5.79. The molecule has 4 aromatic rings. The first-order valence-corrected chi connectivity index (χ1v) is 12.7. The first kappa shape index (κ1) is 23.5. The number of benzene rings is 3. The number of fused-ring (bicyclic) bond motifs is 1. The van der Waals surface area contributed by atoms with Crippen molar-refractivity contribution in [3.63, 3.8) is 0 Å². The third kappa shape index (κ3) is 5.46. The van der Waals surface area contributed by atoms with Crippen LogP contribution in [-0.2, 0) is 34.6 Å². The molecule has 4 rings (SSSR count). The molecule has 0 N–H and O–H groups in total. The van der Waals surface area contributed by atoms with E-state index in [4.69, 9.17) is 4.42 Å². The summed E-state index contributed by atoms with van der Waals surface area (Å²) in [5, 5.41) is 0. The minimum Gasteiger partial charge on any atom is -0.408 e. The number of amides is 1. The number of hydrogen-bond donors (Lipinski definition) is 0. The van der Waals surface area contributed by atoms with Crippen LogP contribution in [0.1, 0.15) is 17.5 Å². The molecule has 0 saturated carbocycles. The highest BCUT2D eigenvalue weighted by atomic mass is 32.2. The maximum Gasteiger partial charge on any atom is 0.419 e. The van der Waals surface area contributed by atoms with Crippen molar-refractivity contribution in [2.75, 3.05) is 12.3 Å². The molecule has 0 aliphatic carbocycles. The SMILES string of the molecule is Cn1c(=O)oc2cc(S(=O)(=O)CCC(=O)N(CCc3ccccc3)Cc3ccccc3)ccc21. The van der Waals surface area contributed by atoms with Gasteiger partial charge in [-0.2, -0.15) is 0 Å². The second-order valence-electron chi connectivity index (χ2n) is 8.16. The molecule has 7 nitrogen and oxygen atoms in total. The van der Waals surface area contributed by atoms with E-state index in [1.54, 1.807) is 11.9 Å². The van der Waals surface area contributed by atoms with Crippen molar-refractivity contribution in [1.29, 1.82) is 0 Å². The number of aryl methyl sites for hydroxylation is 1. The molecular formula is C26H26N2O5S. The van der Waals surface area contributed by atoms with Gasteiger partial charge in [0.05, 0.1) is 16.2 Å². The van der Waals surface area contributed by atoms with Crippen LogP contribution in [0.15, 0.2) is 93.0 Å². The van der Waals surface area contributed by atoms with Crippen molar-refractivity contribution >= 4 is 26.8 Å². The molecule has 1 heterocycles. The molecule has 0 atom stereocenters. The second-order valence-corrected chi connectivity index (χ2v) is 10.3. The Labute approximate surface area is 198 Å². The number of aromatic nitrogens is 1. The van der Waals surface area contributed by atoms with E-state index in [1.807, 2.05) is 60.7 Å². The van der Waals surface area contributed by atoms with E-state index in [9.17, 15) is 18.0 Å². The van der Waals surface area contributed by atoms with Crippen molar-refractivity contribution < 1.29 is 17.6 Å². The van der Waals surface area contributed by atoms with Gasteiger partial charge in [-0.3, -0.25) is 9.36 Å². The van der Waals surface area contributed by atoms with Gasteiger partial charge in [0.25, 0.3) is 0 Å². The first-order chi connectivity index (χ1) is 16.3. The fourth-order valence-electron chi connectivity index (χ4n) is 3.81. The minimum atomic E-state index is -3.74. The Hall–Kier alpha value is -3.65. The lowest BCUT2D eigenvalue weighted by Crippen LogP contribution is -2.33. The lowest BCUT2D eigenvalue weighted by atomic mass is 10.1. The predicted molar refractivity (Wildman–Crippen MR) is 130 cm³/mol. The Kier molecular flexibility index (Phi) is 6.98. The molecule has 0 unspecified atom stereocenters. The van der Waals surface area contributed by atoms with Crippen molar-refractivity contribution in [2.24, 2.45) is 7.05 Å². The summed E-state index contributed by atoms with van der Waals surface area (Å²) in [7, 11) is -2.19. The molecule has 0 radical (unpaired) electrons. The maximum absolute atomic E-state index is 13.1. The van der Waals surface area contributed by atoms with Crippen molar-refractivity contribution in [3.8, 4) is 0 Å². The van der Waals surface area contributed by atoms with Gasteiger partial charge in [-0.15, -0.1) is 0 Å². The highest BCUT2D eigenvalue weighted by molar-refractivity contribution is 7.91. The van der Waals surface area contributed by atoms with Crippen LogP contribution in [0, 0.1) is 0 Å². The van der Waals surface area contributed by atoms with E-state index in [-0.39, 0.29) is 28.6 Å². The Balaban J connectivity index is 1.47. The fourth-order valence-corrected chi connectivity index (χ4v) is 5.05. The molecule has 0 spiro atoms. The number of hydrogen-bond acceptors (Lipinski definition) is 5. The van der Waals surface area contributed by atoms with Crippen molar-refractivity contribution in [3.05, 3.63) is 101 Å². The number of carbonyl (C=O) groups is 1. The molecular weight excluding hydrogens is 452 g/mol. The zero-order chi connectivity index (χ0) is 24.1. The standard InChI is InChI=1S/C26H26N2O5S/c1-27-23-13-12-22(18-24(23)33-26(27)30)34(31,32)17-15-25(29)28(19-21-10-6-3-7-11-21)16-14-20-8-4-2-5-9-20/h2-13,18H,14-17,19H2,1H3. The van der Waals surface area contributed by atoms with Gasteiger partial charge >= 0.3 is 5.76 Å². The molecule has 3 aromatic carbocycles. The molecule has 34 heavy (non-hydrogen) atoms. The summed E-state index contributed by atoms with van der Waals surface area (Å²) >= 11 is 0. The normalized spacial score (nSPS) is 11.6. The Morgan fingerprint density at radius 3 is 2.26 bits per heavy atom. The molecule has 0 bridgehead atoms. The lowest BCUT2D eigenvalue weighted by Gasteiger charge is -2.23. The summed E-state index contributed by atoms with van der Waals surface area (Å²) in [6, 6.07) is 23.8. The summed E-state index contributed by atoms with van der Waals surface area (Å²) in [6.07, 6.45) is 0.538. The van der Waals surface area contributed by atoms with Crippen LogP contribution in [0.25, 0.3) is 11.1 Å². The van der Waals surface area contributed by atoms with Gasteiger partial charge in [0, 0.05) is 32.6 Å². The number of oxazole rings is 1. The molecule has 0 aliphatic heterocycles. The summed E-state index contributed by atoms with van der Waals surface area (Å²) in [5.41, 5.74) is 2.80. The van der Waals surface area contributed by atoms with Gasteiger partial charge in [0.15, 0.2) is 15.4 Å². The van der Waals surface area contributed by atoms with Crippen LogP contribution in [-0.4, -0.2) is 36.1 Å². The highest BCUT2D eigenvalue weighted by Gasteiger charge is 2.21. The molecule has 0 saturated heterocycles. The lowest BCUT2D eigenvalue weighted by molar-refractivity contribution is -0.131. The van der Waals surface area contributed by atoms with Crippen LogP contribution in [0.4, 0.5) is 0 Å². The van der Waals surface area contributed by atoms with Crippen molar-refractivity contribution in [1.82, 2.24) is 9.47 Å². The molecule has 8 heteroatoms. The summed E-state index contributed by atoms with van der Waals surface area (Å²) < 4.78 is 32.3. The van der Waals surface area contributed by atoms with E-state index in [2.05, 4.69) is 0 Å². The van der Waals surface area contributed by atoms with Gasteiger partial charge in [-0.05, 0) is 29.7 Å². The summed E-state index contributed by atoms with van der Waals surface area (Å²) in [6.45, 7) is 0.895. The van der Waals surface area contributed by atoms with Gasteiger partial charge in [0.1, 0.15) is 0 Å². The van der Waals surface area contributed by atoms with Crippen LogP contribution in [0.5, 0.6) is 0 Å². The zero-order valence-electron chi connectivity index (χ0n) is 18.9. The number of sulfone groups is 1. The summed E-state index contributed by atoms with van der Waals surface area (Å²) in [5.74, 6) is -1.12. The fraction of sp³-hybridized carbons (Fsp3) is 0.231. The molecule has 1 aromatic heterocycles. The van der Waals surface area contributed by atoms with Gasteiger partial charge in [-0.1, -0.05) is 60.7 Å². The van der Waals surface area contributed by atoms with Crippen molar-refractivity contribution in [2.45, 2.75) is 24.3 Å². The molecule has 0 aliphatic rings. The summed E-state index contributed by atoms with van der Waals surface area (Å²) in [4.78, 5) is 26.5. The van der Waals surface area contributed by atoms with Gasteiger partial charge in [0.2, 0.25) is 5.91 Å². The average molecular weight is 479 g/mol. The first-order valence-electron chi connectivity index (χ1n) is 11.0. The Bertz CT molecular complexity index is 1440. The number of nitrogens with zero attached hydrogens (tertiary/aromatic N) is 2. The van der Waals surface area contributed by atoms with Crippen LogP contribution in [0.2, 0.25) is 0 Å². The van der Waals surface area contributed by atoms with E-state index in [1.165, 1.54) is 22.8 Å². The number of rotatable bonds is 9. The Morgan fingerprint density at radius 1 is 0.941 bits per heavy atom. The predicted octanol–water partition coefficient (Wildman–Crippen LogP) is 3.57.